The third kappa shape index (κ3) is 3.41. The molecule has 34 valence electrons. The van der Waals surface area contributed by atoms with Crippen molar-refractivity contribution >= 4 is 5.78 Å². The average molecular weight is 85.1 g/mol. The lowest BCUT2D eigenvalue weighted by atomic mass is 10.4. The van der Waals surface area contributed by atoms with Crippen LogP contribution in [0.5, 0.6) is 0 Å². The molecule has 0 bridgehead atoms. The van der Waals surface area contributed by atoms with Gasteiger partial charge in [-0.25, -0.2) is 0 Å². The van der Waals surface area contributed by atoms with E-state index in [9.17, 15) is 0 Å². The van der Waals surface area contributed by atoms with E-state index >= 15 is 0 Å². The summed E-state index contributed by atoms with van der Waals surface area (Å²) in [6.07, 6.45) is 3.43. The molecule has 0 aromatic carbocycles. The summed E-state index contributed by atoms with van der Waals surface area (Å²) in [6, 6.07) is 0. The number of ketones is 1. The van der Waals surface area contributed by atoms with Crippen molar-refractivity contribution in [3.8, 4) is 0 Å². The van der Waals surface area contributed by atoms with Gasteiger partial charge in [-0.3, -0.25) is 4.79 Å². The van der Waals surface area contributed by atoms with Gasteiger partial charge in [0.1, 0.15) is 0 Å². The minimum absolute atomic E-state index is 0.359. The predicted octanol–water partition coefficient (Wildman–Crippen LogP) is 1.13. The van der Waals surface area contributed by atoms with Gasteiger partial charge in [0.15, 0.2) is 0 Å². The van der Waals surface area contributed by atoms with Crippen LogP contribution in [0.4, 0.5) is 0 Å². The minimum atomic E-state index is 0.359. The molecule has 0 aromatic heterocycles. The van der Waals surface area contributed by atoms with Crippen molar-refractivity contribution < 1.29 is 4.79 Å². The molecular formula is C5H9O+. The summed E-state index contributed by atoms with van der Waals surface area (Å²) in [5.41, 5.74) is 0. The van der Waals surface area contributed by atoms with Crippen molar-refractivity contribution in [3.05, 3.63) is 12.2 Å². The predicted molar refractivity (Wildman–Crippen MR) is 27.4 cm³/mol. The molecule has 1 heteroatoms. The monoisotopic (exact) mass is 85.1 g/mol. The normalized spacial score (nSPS) is 9.67. The molecule has 0 radical (unpaired) electrons. The summed E-state index contributed by atoms with van der Waals surface area (Å²) in [4.78, 5) is 8.38. The highest BCUT2D eigenvalue weighted by Crippen LogP contribution is 1.68. The SMILES string of the molecule is C/C=C/C(C)=[OH+]. The lowest BCUT2D eigenvalue weighted by Gasteiger charge is -1.60. The zero-order valence-corrected chi connectivity index (χ0v) is 4.10. The molecule has 0 aromatic rings. The van der Waals surface area contributed by atoms with E-state index in [0.717, 1.165) is 0 Å². The van der Waals surface area contributed by atoms with Gasteiger partial charge in [0.2, 0.25) is 0 Å². The van der Waals surface area contributed by atoms with E-state index in [4.69, 9.17) is 4.79 Å². The smallest absolute Gasteiger partial charge is 0.279 e. The van der Waals surface area contributed by atoms with Gasteiger partial charge in [-0.05, 0) is 6.92 Å². The molecule has 0 unspecified atom stereocenters. The van der Waals surface area contributed by atoms with E-state index in [1.54, 1.807) is 19.1 Å². The Morgan fingerprint density at radius 1 is 1.67 bits per heavy atom. The molecule has 0 rings (SSSR count). The van der Waals surface area contributed by atoms with Crippen LogP contribution in [0.2, 0.25) is 0 Å². The Bertz CT molecular complexity index is 72.0. The van der Waals surface area contributed by atoms with Crippen LogP contribution in [0.15, 0.2) is 12.2 Å². The number of rotatable bonds is 1. The summed E-state index contributed by atoms with van der Waals surface area (Å²) in [7, 11) is 0. The maximum Gasteiger partial charge on any atom is 0.313 e. The maximum atomic E-state index is 8.38. The molecule has 1 N–H and O–H groups in total. The van der Waals surface area contributed by atoms with Gasteiger partial charge < -0.3 is 0 Å². The highest BCUT2D eigenvalue weighted by molar-refractivity contribution is 5.88. The van der Waals surface area contributed by atoms with E-state index in [1.807, 2.05) is 6.92 Å². The second-order valence-electron chi connectivity index (χ2n) is 1.14. The van der Waals surface area contributed by atoms with Gasteiger partial charge in [0.05, 0.1) is 6.92 Å². The Hall–Kier alpha value is -0.590. The van der Waals surface area contributed by atoms with Gasteiger partial charge in [0, 0.05) is 6.08 Å². The zero-order chi connectivity index (χ0) is 4.99. The van der Waals surface area contributed by atoms with Crippen LogP contribution in [0.25, 0.3) is 0 Å². The zero-order valence-electron chi connectivity index (χ0n) is 4.10. The largest absolute Gasteiger partial charge is 0.313 e. The molecule has 0 heterocycles. The molecule has 0 saturated carbocycles. The number of carbonyl (C=O) groups excluding carboxylic acids is 1. The molecule has 0 fully saturated rings. The van der Waals surface area contributed by atoms with Crippen LogP contribution >= 0.6 is 0 Å². The summed E-state index contributed by atoms with van der Waals surface area (Å²) >= 11 is 0. The fourth-order valence-corrected chi connectivity index (χ4v) is 0.241. The van der Waals surface area contributed by atoms with Gasteiger partial charge in [-0.2, -0.15) is 0 Å². The van der Waals surface area contributed by atoms with Crippen LogP contribution in [0.1, 0.15) is 13.8 Å². The van der Waals surface area contributed by atoms with Crippen molar-refractivity contribution in [1.29, 1.82) is 0 Å². The van der Waals surface area contributed by atoms with Crippen molar-refractivity contribution in [1.82, 2.24) is 0 Å². The fourth-order valence-electron chi connectivity index (χ4n) is 0.241. The Kier molecular flexibility index (Phi) is 2.38. The first kappa shape index (κ1) is 5.41. The van der Waals surface area contributed by atoms with Crippen LogP contribution < -0.4 is 0 Å². The van der Waals surface area contributed by atoms with Gasteiger partial charge in [-0.15, -0.1) is 0 Å². The first-order valence-corrected chi connectivity index (χ1v) is 1.92. The van der Waals surface area contributed by atoms with E-state index in [0.29, 0.717) is 5.78 Å². The number of hydrogen-bond donors (Lipinski definition) is 0. The van der Waals surface area contributed by atoms with Crippen molar-refractivity contribution in [2.45, 2.75) is 13.8 Å². The van der Waals surface area contributed by atoms with E-state index < -0.39 is 0 Å². The Morgan fingerprint density at radius 2 is 2.17 bits per heavy atom. The number of hydrogen-bond acceptors (Lipinski definition) is 0. The van der Waals surface area contributed by atoms with Crippen molar-refractivity contribution in [3.63, 3.8) is 0 Å². The lowest BCUT2D eigenvalue weighted by molar-refractivity contribution is 0.677. The van der Waals surface area contributed by atoms with Crippen LogP contribution in [0.3, 0.4) is 0 Å². The molecule has 0 atom stereocenters. The molecular weight excluding hydrogens is 76.1 g/mol. The van der Waals surface area contributed by atoms with Crippen molar-refractivity contribution in [2.75, 3.05) is 0 Å². The van der Waals surface area contributed by atoms with Crippen LogP contribution in [-0.2, 0) is 0 Å². The fraction of sp³-hybridized carbons (Fsp3) is 0.400. The second kappa shape index (κ2) is 2.64. The third-order valence-corrected chi connectivity index (χ3v) is 0.408. The molecule has 0 spiro atoms. The highest BCUT2D eigenvalue weighted by atomic mass is 16.1. The highest BCUT2D eigenvalue weighted by Gasteiger charge is 1.82. The average Bonchev–Trinajstić information content (AvgIpc) is 1.35. The summed E-state index contributed by atoms with van der Waals surface area (Å²) in [6.45, 7) is 3.50. The van der Waals surface area contributed by atoms with Crippen molar-refractivity contribution in [2.24, 2.45) is 0 Å². The van der Waals surface area contributed by atoms with E-state index in [-0.39, 0.29) is 0 Å². The summed E-state index contributed by atoms with van der Waals surface area (Å²) in [5, 5.41) is 0. The number of allylic oxidation sites excluding steroid dienone is 2. The Balaban J connectivity index is 3.30. The molecule has 0 saturated heterocycles. The molecule has 0 aliphatic carbocycles. The van der Waals surface area contributed by atoms with Gasteiger partial charge in [-0.1, -0.05) is 6.08 Å². The maximum absolute atomic E-state index is 8.38. The van der Waals surface area contributed by atoms with Gasteiger partial charge in [0.25, 0.3) is 0 Å². The molecule has 0 amide bonds. The standard InChI is InChI=1S/C5H8O/c1-3-4-5(2)6/h3-4H,1-2H3/p+1/b4-3+. The Labute approximate surface area is 37.7 Å². The topological polar surface area (TPSA) is 21.4 Å². The minimum Gasteiger partial charge on any atom is -0.279 e. The lowest BCUT2D eigenvalue weighted by Crippen LogP contribution is -1.77. The summed E-state index contributed by atoms with van der Waals surface area (Å²) in [5.74, 6) is 0.359. The van der Waals surface area contributed by atoms with Gasteiger partial charge >= 0.3 is 5.78 Å². The Morgan fingerprint density at radius 3 is 2.17 bits per heavy atom. The van der Waals surface area contributed by atoms with E-state index in [1.165, 1.54) is 0 Å². The van der Waals surface area contributed by atoms with E-state index in [2.05, 4.69) is 0 Å². The van der Waals surface area contributed by atoms with Crippen LogP contribution in [0, 0.1) is 0 Å². The van der Waals surface area contributed by atoms with Crippen LogP contribution in [-0.4, -0.2) is 10.6 Å². The quantitative estimate of drug-likeness (QED) is 0.336. The molecule has 6 heavy (non-hydrogen) atoms. The summed E-state index contributed by atoms with van der Waals surface area (Å²) < 4.78 is 0. The third-order valence-electron chi connectivity index (χ3n) is 0.408. The first-order valence-electron chi connectivity index (χ1n) is 1.92. The second-order valence-corrected chi connectivity index (χ2v) is 1.14. The first-order chi connectivity index (χ1) is 2.77. The molecule has 1 nitrogen and oxygen atoms in total. The molecule has 0 aliphatic rings. The molecule has 0 aliphatic heterocycles.